The standard InChI is InChI=1S/C16H22N2O4/c19-11-15(13-22-12-14-4-2-1-3-5-14)17-16(20)10-18-6-8-21-9-7-18/h1-5,11,15H,6-10,12-13H2,(H,17,20). The number of hydrogen-bond acceptors (Lipinski definition) is 5. The summed E-state index contributed by atoms with van der Waals surface area (Å²) in [6.07, 6.45) is 0.711. The predicted octanol–water partition coefficient (Wildman–Crippen LogP) is 0.219. The van der Waals surface area contributed by atoms with Crippen LogP contribution in [-0.2, 0) is 25.7 Å². The molecule has 6 nitrogen and oxygen atoms in total. The van der Waals surface area contributed by atoms with E-state index in [4.69, 9.17) is 9.47 Å². The molecule has 1 N–H and O–H groups in total. The third-order valence-corrected chi connectivity index (χ3v) is 3.39. The van der Waals surface area contributed by atoms with E-state index in [1.807, 2.05) is 35.2 Å². The lowest BCUT2D eigenvalue weighted by Gasteiger charge is -2.26. The molecule has 1 fully saturated rings. The average molecular weight is 306 g/mol. The van der Waals surface area contributed by atoms with E-state index in [1.165, 1.54) is 0 Å². The van der Waals surface area contributed by atoms with Gasteiger partial charge in [-0.05, 0) is 5.56 Å². The Hall–Kier alpha value is -1.76. The molecular weight excluding hydrogens is 284 g/mol. The molecule has 1 saturated heterocycles. The molecule has 0 aliphatic carbocycles. The summed E-state index contributed by atoms with van der Waals surface area (Å²) in [7, 11) is 0. The van der Waals surface area contributed by atoms with Crippen LogP contribution in [0.4, 0.5) is 0 Å². The van der Waals surface area contributed by atoms with Crippen molar-refractivity contribution in [3.8, 4) is 0 Å². The Kier molecular flexibility index (Phi) is 7.02. The van der Waals surface area contributed by atoms with E-state index in [0.717, 1.165) is 18.7 Å². The maximum Gasteiger partial charge on any atom is 0.234 e. The number of amides is 1. The molecule has 0 radical (unpaired) electrons. The Bertz CT molecular complexity index is 460. The summed E-state index contributed by atoms with van der Waals surface area (Å²) in [5, 5.41) is 2.69. The van der Waals surface area contributed by atoms with Gasteiger partial charge in [-0.25, -0.2) is 0 Å². The van der Waals surface area contributed by atoms with Gasteiger partial charge in [-0.2, -0.15) is 0 Å². The van der Waals surface area contributed by atoms with Crippen molar-refractivity contribution in [3.05, 3.63) is 35.9 Å². The number of rotatable bonds is 8. The summed E-state index contributed by atoms with van der Waals surface area (Å²) in [6, 6.07) is 9.08. The maximum atomic E-state index is 11.9. The van der Waals surface area contributed by atoms with Gasteiger partial charge in [0.05, 0.1) is 33.0 Å². The lowest BCUT2D eigenvalue weighted by atomic mass is 10.2. The van der Waals surface area contributed by atoms with Gasteiger partial charge >= 0.3 is 0 Å². The van der Waals surface area contributed by atoms with Crippen LogP contribution < -0.4 is 5.32 Å². The summed E-state index contributed by atoms with van der Waals surface area (Å²) >= 11 is 0. The van der Waals surface area contributed by atoms with Crippen LogP contribution in [0, 0.1) is 0 Å². The van der Waals surface area contributed by atoms with E-state index >= 15 is 0 Å². The molecule has 1 aliphatic rings. The summed E-state index contributed by atoms with van der Waals surface area (Å²) in [5.41, 5.74) is 1.03. The van der Waals surface area contributed by atoms with Crippen molar-refractivity contribution in [2.45, 2.75) is 12.6 Å². The monoisotopic (exact) mass is 306 g/mol. The fraction of sp³-hybridized carbons (Fsp3) is 0.500. The van der Waals surface area contributed by atoms with Crippen LogP contribution in [-0.4, -0.2) is 62.6 Å². The molecule has 6 heteroatoms. The van der Waals surface area contributed by atoms with Crippen molar-refractivity contribution in [3.63, 3.8) is 0 Å². The van der Waals surface area contributed by atoms with Gasteiger partial charge in [0.15, 0.2) is 0 Å². The number of carbonyl (C=O) groups is 2. The highest BCUT2D eigenvalue weighted by Crippen LogP contribution is 2.01. The van der Waals surface area contributed by atoms with Gasteiger partial charge in [0, 0.05) is 13.1 Å². The Morgan fingerprint density at radius 1 is 1.32 bits per heavy atom. The molecule has 1 amide bonds. The molecule has 1 aliphatic heterocycles. The van der Waals surface area contributed by atoms with Gasteiger partial charge in [0.1, 0.15) is 12.3 Å². The molecule has 1 unspecified atom stereocenters. The SMILES string of the molecule is O=CC(COCc1ccccc1)NC(=O)CN1CCOCC1. The van der Waals surface area contributed by atoms with Crippen LogP contribution in [0.2, 0.25) is 0 Å². The van der Waals surface area contributed by atoms with Crippen molar-refractivity contribution >= 4 is 12.2 Å². The fourth-order valence-electron chi connectivity index (χ4n) is 2.21. The Morgan fingerprint density at radius 2 is 2.05 bits per heavy atom. The third kappa shape index (κ3) is 5.93. The molecule has 22 heavy (non-hydrogen) atoms. The van der Waals surface area contributed by atoms with Gasteiger partial charge < -0.3 is 19.6 Å². The van der Waals surface area contributed by atoms with E-state index in [-0.39, 0.29) is 19.1 Å². The van der Waals surface area contributed by atoms with Gasteiger partial charge in [-0.1, -0.05) is 30.3 Å². The van der Waals surface area contributed by atoms with Gasteiger partial charge in [0.2, 0.25) is 5.91 Å². The van der Waals surface area contributed by atoms with Crippen LogP contribution >= 0.6 is 0 Å². The summed E-state index contributed by atoms with van der Waals surface area (Å²) in [5.74, 6) is -0.165. The van der Waals surface area contributed by atoms with E-state index in [0.29, 0.717) is 26.1 Å². The van der Waals surface area contributed by atoms with Gasteiger partial charge in [-0.15, -0.1) is 0 Å². The normalized spacial score (nSPS) is 16.9. The second-order valence-corrected chi connectivity index (χ2v) is 5.20. The second-order valence-electron chi connectivity index (χ2n) is 5.20. The highest BCUT2D eigenvalue weighted by Gasteiger charge is 2.17. The summed E-state index contributed by atoms with van der Waals surface area (Å²) in [6.45, 7) is 3.65. The summed E-state index contributed by atoms with van der Waals surface area (Å²) in [4.78, 5) is 25.0. The minimum Gasteiger partial charge on any atom is -0.379 e. The smallest absolute Gasteiger partial charge is 0.234 e. The Balaban J connectivity index is 1.67. The van der Waals surface area contributed by atoms with Crippen LogP contribution in [0.1, 0.15) is 5.56 Å². The molecule has 0 spiro atoms. The van der Waals surface area contributed by atoms with Crippen LogP contribution in [0.5, 0.6) is 0 Å². The number of ether oxygens (including phenoxy) is 2. The maximum absolute atomic E-state index is 11.9. The topological polar surface area (TPSA) is 67.9 Å². The molecule has 0 aromatic heterocycles. The Morgan fingerprint density at radius 3 is 2.73 bits per heavy atom. The van der Waals surface area contributed by atoms with Crippen molar-refractivity contribution in [1.29, 1.82) is 0 Å². The minimum atomic E-state index is -0.614. The van der Waals surface area contributed by atoms with Crippen molar-refractivity contribution in [2.24, 2.45) is 0 Å². The number of hydrogen-bond donors (Lipinski definition) is 1. The first-order valence-corrected chi connectivity index (χ1v) is 7.44. The van der Waals surface area contributed by atoms with E-state index in [9.17, 15) is 9.59 Å². The van der Waals surface area contributed by atoms with Crippen LogP contribution in [0.3, 0.4) is 0 Å². The third-order valence-electron chi connectivity index (χ3n) is 3.39. The number of nitrogens with zero attached hydrogens (tertiary/aromatic N) is 1. The van der Waals surface area contributed by atoms with Crippen molar-refractivity contribution < 1.29 is 19.1 Å². The number of benzene rings is 1. The zero-order valence-corrected chi connectivity index (χ0v) is 12.6. The second kappa shape index (κ2) is 9.30. The molecule has 1 atom stereocenters. The highest BCUT2D eigenvalue weighted by molar-refractivity contribution is 5.81. The zero-order valence-electron chi connectivity index (χ0n) is 12.6. The van der Waals surface area contributed by atoms with Crippen molar-refractivity contribution in [1.82, 2.24) is 10.2 Å². The first-order valence-electron chi connectivity index (χ1n) is 7.44. The molecule has 1 heterocycles. The number of aldehydes is 1. The molecule has 0 saturated carbocycles. The minimum absolute atomic E-state index is 0.165. The van der Waals surface area contributed by atoms with E-state index in [2.05, 4.69) is 5.32 Å². The zero-order chi connectivity index (χ0) is 15.6. The lowest BCUT2D eigenvalue weighted by Crippen LogP contribution is -2.47. The molecule has 0 bridgehead atoms. The average Bonchev–Trinajstić information content (AvgIpc) is 2.56. The van der Waals surface area contributed by atoms with Crippen molar-refractivity contribution in [2.75, 3.05) is 39.5 Å². The Labute approximate surface area is 130 Å². The van der Waals surface area contributed by atoms with E-state index < -0.39 is 6.04 Å². The fourth-order valence-corrected chi connectivity index (χ4v) is 2.21. The quantitative estimate of drug-likeness (QED) is 0.696. The number of morpholine rings is 1. The molecule has 2 rings (SSSR count). The lowest BCUT2D eigenvalue weighted by molar-refractivity contribution is -0.126. The number of carbonyl (C=O) groups excluding carboxylic acids is 2. The van der Waals surface area contributed by atoms with Gasteiger partial charge in [-0.3, -0.25) is 9.69 Å². The largest absolute Gasteiger partial charge is 0.379 e. The molecule has 1 aromatic rings. The first-order chi connectivity index (χ1) is 10.8. The predicted molar refractivity (Wildman–Crippen MR) is 81.4 cm³/mol. The van der Waals surface area contributed by atoms with Gasteiger partial charge in [0.25, 0.3) is 0 Å². The first kappa shape index (κ1) is 16.6. The van der Waals surface area contributed by atoms with Crippen LogP contribution in [0.25, 0.3) is 0 Å². The molecule has 1 aromatic carbocycles. The van der Waals surface area contributed by atoms with Crippen LogP contribution in [0.15, 0.2) is 30.3 Å². The molecular formula is C16H22N2O4. The molecule has 120 valence electrons. The van der Waals surface area contributed by atoms with E-state index in [1.54, 1.807) is 0 Å². The summed E-state index contributed by atoms with van der Waals surface area (Å²) < 4.78 is 10.7. The number of nitrogens with one attached hydrogen (secondary N) is 1. The highest BCUT2D eigenvalue weighted by atomic mass is 16.5.